The molecule has 1 fully saturated rings. The van der Waals surface area contributed by atoms with Crippen molar-refractivity contribution in [2.24, 2.45) is 0 Å². The van der Waals surface area contributed by atoms with E-state index in [0.717, 1.165) is 44.0 Å². The van der Waals surface area contributed by atoms with E-state index < -0.39 is 5.97 Å². The molecule has 0 radical (unpaired) electrons. The summed E-state index contributed by atoms with van der Waals surface area (Å²) in [7, 11) is 0. The van der Waals surface area contributed by atoms with Crippen LogP contribution in [-0.4, -0.2) is 63.0 Å². The van der Waals surface area contributed by atoms with Gasteiger partial charge in [0, 0.05) is 39.1 Å². The van der Waals surface area contributed by atoms with E-state index in [0.29, 0.717) is 13.0 Å². The Hall–Kier alpha value is -2.45. The van der Waals surface area contributed by atoms with E-state index in [2.05, 4.69) is 15.3 Å². The molecule has 2 N–H and O–H groups in total. The van der Waals surface area contributed by atoms with Crippen LogP contribution in [0, 0.1) is 0 Å². The van der Waals surface area contributed by atoms with Crippen molar-refractivity contribution in [2.45, 2.75) is 19.4 Å². The monoisotopic (exact) mass is 345 g/mol. The second kappa shape index (κ2) is 8.09. The lowest BCUT2D eigenvalue weighted by molar-refractivity contribution is -0.136. The Balaban J connectivity index is 1.63. The molecule has 0 spiro atoms. The number of aromatic nitrogens is 3. The second-order valence-electron chi connectivity index (χ2n) is 6.16. The first-order valence-corrected chi connectivity index (χ1v) is 8.52. The summed E-state index contributed by atoms with van der Waals surface area (Å²) in [5.74, 6) is -0.814. The number of nitrogens with zero attached hydrogens (tertiary/aromatic N) is 4. The topological polar surface area (TPSA) is 92.4 Å². The van der Waals surface area contributed by atoms with Crippen LogP contribution in [0.25, 0.3) is 5.69 Å². The number of aryl methyl sites for hydroxylation is 1. The van der Waals surface area contributed by atoms with E-state index in [1.807, 2.05) is 24.3 Å². The molecule has 2 aromatic rings. The van der Waals surface area contributed by atoms with Crippen LogP contribution < -0.4 is 11.0 Å². The third kappa shape index (κ3) is 4.55. The lowest BCUT2D eigenvalue weighted by Crippen LogP contribution is -2.45. The maximum atomic E-state index is 12.5. The highest BCUT2D eigenvalue weighted by Gasteiger charge is 2.12. The summed E-state index contributed by atoms with van der Waals surface area (Å²) in [6.45, 7) is 5.34. The molecule has 8 nitrogen and oxygen atoms in total. The molecule has 1 aromatic carbocycles. The molecular weight excluding hydrogens is 322 g/mol. The predicted molar refractivity (Wildman–Crippen MR) is 93.1 cm³/mol. The molecule has 1 aliphatic rings. The van der Waals surface area contributed by atoms with Gasteiger partial charge in [0.15, 0.2) is 0 Å². The highest BCUT2D eigenvalue weighted by molar-refractivity contribution is 5.67. The van der Waals surface area contributed by atoms with Crippen molar-refractivity contribution < 1.29 is 9.90 Å². The molecule has 134 valence electrons. The number of carbonyl (C=O) groups is 1. The number of carboxylic acids is 1. The zero-order valence-corrected chi connectivity index (χ0v) is 14.1. The number of benzene rings is 1. The van der Waals surface area contributed by atoms with Gasteiger partial charge in [-0.25, -0.2) is 14.0 Å². The van der Waals surface area contributed by atoms with Crippen LogP contribution >= 0.6 is 0 Å². The van der Waals surface area contributed by atoms with Crippen LogP contribution in [0.5, 0.6) is 0 Å². The molecule has 1 aromatic heterocycles. The van der Waals surface area contributed by atoms with Crippen molar-refractivity contribution in [3.63, 3.8) is 0 Å². The number of hydrogen-bond acceptors (Lipinski definition) is 5. The number of aliphatic carboxylic acids is 1. The summed E-state index contributed by atoms with van der Waals surface area (Å²) >= 11 is 0. The smallest absolute Gasteiger partial charge is 0.350 e. The van der Waals surface area contributed by atoms with Gasteiger partial charge in [0.25, 0.3) is 0 Å². The van der Waals surface area contributed by atoms with Crippen LogP contribution in [0.2, 0.25) is 0 Å². The zero-order chi connectivity index (χ0) is 17.6. The maximum absolute atomic E-state index is 12.5. The van der Waals surface area contributed by atoms with Crippen LogP contribution in [-0.2, 0) is 17.8 Å². The van der Waals surface area contributed by atoms with Gasteiger partial charge in [0.2, 0.25) is 0 Å². The summed E-state index contributed by atoms with van der Waals surface area (Å²) in [6.07, 6.45) is 2.12. The number of nitrogens with one attached hydrogen (secondary N) is 1. The van der Waals surface area contributed by atoms with Gasteiger partial charge in [-0.3, -0.25) is 9.69 Å². The summed E-state index contributed by atoms with van der Waals surface area (Å²) in [6, 6.07) is 7.34. The Morgan fingerprint density at radius 2 is 1.88 bits per heavy atom. The number of hydrogen-bond donors (Lipinski definition) is 2. The number of rotatable bonds is 7. The SMILES string of the molecule is O=C(O)CCc1ccc(-n2cnn(CCN3CCNCC3)c2=O)cc1. The van der Waals surface area contributed by atoms with E-state index in [1.54, 1.807) is 0 Å². The largest absolute Gasteiger partial charge is 0.481 e. The van der Waals surface area contributed by atoms with Gasteiger partial charge in [-0.05, 0) is 24.1 Å². The fourth-order valence-corrected chi connectivity index (χ4v) is 2.91. The number of piperazine rings is 1. The normalized spacial score (nSPS) is 15.4. The summed E-state index contributed by atoms with van der Waals surface area (Å²) in [5, 5.41) is 16.2. The lowest BCUT2D eigenvalue weighted by Gasteiger charge is -2.26. The highest BCUT2D eigenvalue weighted by atomic mass is 16.4. The van der Waals surface area contributed by atoms with Crippen molar-refractivity contribution in [1.29, 1.82) is 0 Å². The van der Waals surface area contributed by atoms with Crippen molar-refractivity contribution >= 4 is 5.97 Å². The first-order valence-electron chi connectivity index (χ1n) is 8.52. The summed E-state index contributed by atoms with van der Waals surface area (Å²) < 4.78 is 3.00. The molecule has 1 saturated heterocycles. The lowest BCUT2D eigenvalue weighted by atomic mass is 10.1. The average molecular weight is 345 g/mol. The Bertz CT molecular complexity index is 759. The molecule has 1 aliphatic heterocycles. The minimum Gasteiger partial charge on any atom is -0.481 e. The Morgan fingerprint density at radius 3 is 2.56 bits per heavy atom. The second-order valence-corrected chi connectivity index (χ2v) is 6.16. The zero-order valence-electron chi connectivity index (χ0n) is 14.1. The van der Waals surface area contributed by atoms with Crippen molar-refractivity contribution in [1.82, 2.24) is 24.6 Å². The van der Waals surface area contributed by atoms with Crippen LogP contribution in [0.15, 0.2) is 35.4 Å². The van der Waals surface area contributed by atoms with E-state index in [-0.39, 0.29) is 12.1 Å². The summed E-state index contributed by atoms with van der Waals surface area (Å²) in [5.41, 5.74) is 1.51. The highest BCUT2D eigenvalue weighted by Crippen LogP contribution is 2.09. The molecule has 0 aliphatic carbocycles. The molecular formula is C17H23N5O3. The third-order valence-electron chi connectivity index (χ3n) is 4.41. The fourth-order valence-electron chi connectivity index (χ4n) is 2.91. The Morgan fingerprint density at radius 1 is 1.16 bits per heavy atom. The number of carboxylic acid groups (broad SMARTS) is 1. The van der Waals surface area contributed by atoms with E-state index in [9.17, 15) is 9.59 Å². The van der Waals surface area contributed by atoms with E-state index in [4.69, 9.17) is 5.11 Å². The maximum Gasteiger partial charge on any atom is 0.350 e. The molecule has 25 heavy (non-hydrogen) atoms. The first-order chi connectivity index (χ1) is 12.1. The molecule has 8 heteroatoms. The van der Waals surface area contributed by atoms with Gasteiger partial charge >= 0.3 is 11.7 Å². The van der Waals surface area contributed by atoms with Crippen LogP contribution in [0.3, 0.4) is 0 Å². The average Bonchev–Trinajstić information content (AvgIpc) is 3.00. The summed E-state index contributed by atoms with van der Waals surface area (Å²) in [4.78, 5) is 25.4. The minimum atomic E-state index is -0.814. The van der Waals surface area contributed by atoms with Crippen molar-refractivity contribution in [3.05, 3.63) is 46.6 Å². The first kappa shape index (κ1) is 17.4. The Kier molecular flexibility index (Phi) is 5.62. The fraction of sp³-hybridized carbons (Fsp3) is 0.471. The van der Waals surface area contributed by atoms with Gasteiger partial charge in [0.05, 0.1) is 12.2 Å². The van der Waals surface area contributed by atoms with Crippen molar-refractivity contribution in [2.75, 3.05) is 32.7 Å². The standard InChI is InChI=1S/C17H23N5O3/c23-16(24)6-3-14-1-4-15(5-2-14)21-13-19-22(17(21)25)12-11-20-9-7-18-8-10-20/h1-2,4-5,13,18H,3,6-12H2,(H,23,24). The minimum absolute atomic E-state index is 0.100. The van der Waals surface area contributed by atoms with E-state index >= 15 is 0 Å². The quantitative estimate of drug-likeness (QED) is 0.731. The molecule has 0 unspecified atom stereocenters. The van der Waals surface area contributed by atoms with Gasteiger partial charge < -0.3 is 10.4 Å². The Labute approximate surface area is 145 Å². The third-order valence-corrected chi connectivity index (χ3v) is 4.41. The van der Waals surface area contributed by atoms with Crippen LogP contribution in [0.1, 0.15) is 12.0 Å². The molecule has 0 amide bonds. The van der Waals surface area contributed by atoms with E-state index in [1.165, 1.54) is 15.6 Å². The molecule has 0 saturated carbocycles. The van der Waals surface area contributed by atoms with Gasteiger partial charge in [-0.15, -0.1) is 0 Å². The van der Waals surface area contributed by atoms with Gasteiger partial charge in [-0.1, -0.05) is 12.1 Å². The van der Waals surface area contributed by atoms with Crippen LogP contribution in [0.4, 0.5) is 0 Å². The van der Waals surface area contributed by atoms with Crippen molar-refractivity contribution in [3.8, 4) is 5.69 Å². The molecule has 3 rings (SSSR count). The molecule has 0 bridgehead atoms. The molecule has 2 heterocycles. The molecule has 0 atom stereocenters. The van der Waals surface area contributed by atoms with Gasteiger partial charge in [-0.2, -0.15) is 5.10 Å². The predicted octanol–water partition coefficient (Wildman–Crippen LogP) is -0.0436. The van der Waals surface area contributed by atoms with Gasteiger partial charge in [0.1, 0.15) is 6.33 Å².